The summed E-state index contributed by atoms with van der Waals surface area (Å²) in [5.41, 5.74) is 7.74. The van der Waals surface area contributed by atoms with Crippen LogP contribution in [0.1, 0.15) is 43.0 Å². The van der Waals surface area contributed by atoms with Gasteiger partial charge in [0.1, 0.15) is 0 Å². The Morgan fingerprint density at radius 2 is 2.19 bits per heavy atom. The lowest BCUT2D eigenvalue weighted by molar-refractivity contribution is 0.224. The molecule has 1 unspecified atom stereocenters. The maximum Gasteiger partial charge on any atom is 0.451 e. The van der Waals surface area contributed by atoms with Crippen molar-refractivity contribution in [2.45, 2.75) is 57.4 Å². The van der Waals surface area contributed by atoms with Crippen molar-refractivity contribution < 1.29 is 10.0 Å². The molecule has 0 spiro atoms. The second kappa shape index (κ2) is 7.74. The fourth-order valence-electron chi connectivity index (χ4n) is 2.87. The van der Waals surface area contributed by atoms with Crippen LogP contribution in [0, 0.1) is 0 Å². The fourth-order valence-corrected chi connectivity index (χ4v) is 3.85. The molecule has 21 heavy (non-hydrogen) atoms. The number of thiophene rings is 1. The first-order chi connectivity index (χ1) is 9.96. The molecule has 1 aromatic rings. The Morgan fingerprint density at radius 3 is 2.95 bits per heavy atom. The smallest absolute Gasteiger partial charge is 0.427 e. The van der Waals surface area contributed by atoms with Crippen molar-refractivity contribution in [1.29, 1.82) is 0 Å². The van der Waals surface area contributed by atoms with E-state index >= 15 is 0 Å². The average Bonchev–Trinajstić information content (AvgIpc) is 2.89. The number of hydrogen-bond acceptors (Lipinski definition) is 5. The van der Waals surface area contributed by atoms with Gasteiger partial charge in [0.25, 0.3) is 0 Å². The van der Waals surface area contributed by atoms with Gasteiger partial charge in [0.2, 0.25) is 0 Å². The largest absolute Gasteiger partial charge is 0.451 e. The van der Waals surface area contributed by atoms with Gasteiger partial charge in [-0.05, 0) is 49.5 Å². The zero-order valence-electron chi connectivity index (χ0n) is 12.9. The molecule has 0 saturated carbocycles. The first kappa shape index (κ1) is 17.0. The van der Waals surface area contributed by atoms with Gasteiger partial charge in [-0.3, -0.25) is 4.90 Å². The third-order valence-corrected chi connectivity index (χ3v) is 5.31. The number of hydrogen-bond donors (Lipinski definition) is 3. The zero-order chi connectivity index (χ0) is 15.3. The van der Waals surface area contributed by atoms with Crippen LogP contribution in [-0.4, -0.2) is 40.7 Å². The van der Waals surface area contributed by atoms with Gasteiger partial charge in [-0.1, -0.05) is 12.8 Å². The van der Waals surface area contributed by atoms with Crippen LogP contribution < -0.4 is 5.73 Å². The average molecular weight is 310 g/mol. The van der Waals surface area contributed by atoms with Crippen molar-refractivity contribution >= 4 is 18.5 Å². The van der Waals surface area contributed by atoms with E-state index in [1.807, 2.05) is 11.3 Å². The van der Waals surface area contributed by atoms with Crippen molar-refractivity contribution in [3.8, 4) is 0 Å². The Balaban J connectivity index is 1.67. The molecule has 118 valence electrons. The second-order valence-corrected chi connectivity index (χ2v) is 7.53. The topological polar surface area (TPSA) is 69.7 Å². The van der Waals surface area contributed by atoms with Gasteiger partial charge in [-0.15, -0.1) is 11.3 Å². The van der Waals surface area contributed by atoms with Crippen LogP contribution in [0.4, 0.5) is 0 Å². The van der Waals surface area contributed by atoms with Crippen molar-refractivity contribution in [2.24, 2.45) is 5.73 Å². The van der Waals surface area contributed by atoms with E-state index < -0.39 is 7.12 Å². The molecule has 0 aromatic carbocycles. The molecule has 4 N–H and O–H groups in total. The highest BCUT2D eigenvalue weighted by Gasteiger charge is 2.22. The number of fused-ring (bicyclic) bond motifs is 1. The van der Waals surface area contributed by atoms with Crippen LogP contribution >= 0.6 is 11.3 Å². The van der Waals surface area contributed by atoms with Gasteiger partial charge >= 0.3 is 7.12 Å². The van der Waals surface area contributed by atoms with Gasteiger partial charge in [-0.2, -0.15) is 0 Å². The standard InChI is InChI=1S/C15H27BN2O2S/c1-15(17,6-2-3-8-16(19)20)7-10-18-9-4-13-5-11-21-14(13)12-18/h5,11,19-20H,2-4,6-10,12,17H2,1H3. The molecule has 0 saturated heterocycles. The van der Waals surface area contributed by atoms with E-state index in [1.165, 1.54) is 10.4 Å². The molecule has 2 heterocycles. The Bertz CT molecular complexity index is 437. The molecular formula is C15H27BN2O2S. The molecule has 0 radical (unpaired) electrons. The normalized spacial score (nSPS) is 18.3. The highest BCUT2D eigenvalue weighted by atomic mass is 32.1. The maximum atomic E-state index is 8.84. The first-order valence-corrected chi connectivity index (χ1v) is 8.77. The third-order valence-electron chi connectivity index (χ3n) is 4.36. The summed E-state index contributed by atoms with van der Waals surface area (Å²) in [6.45, 7) is 5.37. The number of nitrogens with zero attached hydrogens (tertiary/aromatic N) is 1. The first-order valence-electron chi connectivity index (χ1n) is 7.89. The predicted octanol–water partition coefficient (Wildman–Crippen LogP) is 1.86. The van der Waals surface area contributed by atoms with E-state index in [0.717, 1.165) is 51.7 Å². The summed E-state index contributed by atoms with van der Waals surface area (Å²) in [6, 6.07) is 2.25. The summed E-state index contributed by atoms with van der Waals surface area (Å²) in [7, 11) is -1.18. The Kier molecular flexibility index (Phi) is 6.26. The van der Waals surface area contributed by atoms with Crippen LogP contribution in [0.3, 0.4) is 0 Å². The molecule has 0 fully saturated rings. The summed E-state index contributed by atoms with van der Waals surface area (Å²) < 4.78 is 0. The summed E-state index contributed by atoms with van der Waals surface area (Å²) in [5.74, 6) is 0. The van der Waals surface area contributed by atoms with Crippen LogP contribution in [0.5, 0.6) is 0 Å². The molecule has 1 aliphatic rings. The molecule has 2 rings (SSSR count). The molecule has 4 nitrogen and oxygen atoms in total. The minimum absolute atomic E-state index is 0.157. The highest BCUT2D eigenvalue weighted by Crippen LogP contribution is 2.25. The summed E-state index contributed by atoms with van der Waals surface area (Å²) in [5, 5.41) is 19.9. The van der Waals surface area contributed by atoms with Crippen molar-refractivity contribution in [2.75, 3.05) is 13.1 Å². The monoisotopic (exact) mass is 310 g/mol. The molecule has 1 aliphatic heterocycles. The lowest BCUT2D eigenvalue weighted by Crippen LogP contribution is -2.41. The van der Waals surface area contributed by atoms with Crippen molar-refractivity contribution in [3.63, 3.8) is 0 Å². The quantitative estimate of drug-likeness (QED) is 0.506. The van der Waals surface area contributed by atoms with E-state index in [1.54, 1.807) is 0 Å². The van der Waals surface area contributed by atoms with Crippen LogP contribution in [0.15, 0.2) is 11.4 Å². The van der Waals surface area contributed by atoms with Gasteiger partial charge in [0.05, 0.1) is 0 Å². The SMILES string of the molecule is CC(N)(CCCCB(O)O)CCN1CCc2ccsc2C1. The third kappa shape index (κ3) is 5.72. The molecule has 1 aromatic heterocycles. The zero-order valence-corrected chi connectivity index (χ0v) is 13.7. The fraction of sp³-hybridized carbons (Fsp3) is 0.733. The maximum absolute atomic E-state index is 8.84. The van der Waals surface area contributed by atoms with Crippen LogP contribution in [-0.2, 0) is 13.0 Å². The van der Waals surface area contributed by atoms with Gasteiger partial charge in [0, 0.05) is 30.1 Å². The Labute approximate surface area is 132 Å². The minimum atomic E-state index is -1.18. The predicted molar refractivity (Wildman–Crippen MR) is 89.4 cm³/mol. The van der Waals surface area contributed by atoms with Gasteiger partial charge < -0.3 is 15.8 Å². The van der Waals surface area contributed by atoms with E-state index in [9.17, 15) is 0 Å². The molecule has 0 amide bonds. The molecule has 0 aliphatic carbocycles. The number of unbranched alkanes of at least 4 members (excludes halogenated alkanes) is 1. The van der Waals surface area contributed by atoms with Crippen LogP contribution in [0.2, 0.25) is 6.32 Å². The summed E-state index contributed by atoms with van der Waals surface area (Å²) in [6.07, 6.45) is 5.33. The van der Waals surface area contributed by atoms with E-state index in [-0.39, 0.29) is 5.54 Å². The highest BCUT2D eigenvalue weighted by molar-refractivity contribution is 7.10. The van der Waals surface area contributed by atoms with Crippen LogP contribution in [0.25, 0.3) is 0 Å². The lowest BCUT2D eigenvalue weighted by Gasteiger charge is -2.31. The summed E-state index contributed by atoms with van der Waals surface area (Å²) in [4.78, 5) is 4.01. The number of nitrogens with two attached hydrogens (primary N) is 1. The Morgan fingerprint density at radius 1 is 1.38 bits per heavy atom. The Hall–Kier alpha value is -0.395. The van der Waals surface area contributed by atoms with Crippen molar-refractivity contribution in [3.05, 3.63) is 21.9 Å². The van der Waals surface area contributed by atoms with E-state index in [4.69, 9.17) is 15.8 Å². The minimum Gasteiger partial charge on any atom is -0.427 e. The van der Waals surface area contributed by atoms with Gasteiger partial charge in [0.15, 0.2) is 0 Å². The van der Waals surface area contributed by atoms with E-state index in [2.05, 4.69) is 23.3 Å². The van der Waals surface area contributed by atoms with E-state index in [0.29, 0.717) is 6.32 Å². The molecule has 6 heteroatoms. The molecule has 1 atom stereocenters. The van der Waals surface area contributed by atoms with Crippen molar-refractivity contribution in [1.82, 2.24) is 4.90 Å². The van der Waals surface area contributed by atoms with Gasteiger partial charge in [-0.25, -0.2) is 0 Å². The summed E-state index contributed by atoms with van der Waals surface area (Å²) >= 11 is 1.86. The second-order valence-electron chi connectivity index (χ2n) is 6.53. The number of rotatable bonds is 8. The molecular weight excluding hydrogens is 283 g/mol. The molecule has 0 bridgehead atoms. The lowest BCUT2D eigenvalue weighted by atomic mass is 9.82.